The minimum atomic E-state index is 0.438. The molecule has 0 atom stereocenters. The van der Waals surface area contributed by atoms with Crippen molar-refractivity contribution in [1.82, 2.24) is 9.97 Å². The van der Waals surface area contributed by atoms with Crippen LogP contribution in [0.25, 0.3) is 11.3 Å². The van der Waals surface area contributed by atoms with E-state index in [2.05, 4.69) is 70.9 Å². The van der Waals surface area contributed by atoms with E-state index < -0.39 is 0 Å². The fraction of sp³-hybridized carbons (Fsp3) is 0.308. The first-order valence-corrected chi connectivity index (χ1v) is 6.20. The van der Waals surface area contributed by atoms with Gasteiger partial charge >= 0.3 is 0 Å². The fourth-order valence-corrected chi connectivity index (χ4v) is 2.21. The van der Waals surface area contributed by atoms with E-state index in [1.54, 1.807) is 0 Å². The molecule has 3 heteroatoms. The molecule has 1 N–H and O–H groups in total. The van der Waals surface area contributed by atoms with Gasteiger partial charge in [0.1, 0.15) is 0 Å². The molecule has 2 aromatic rings. The zero-order valence-electron chi connectivity index (χ0n) is 9.71. The van der Waals surface area contributed by atoms with Crippen molar-refractivity contribution in [2.24, 2.45) is 0 Å². The highest BCUT2D eigenvalue weighted by Crippen LogP contribution is 2.30. The molecule has 2 rings (SSSR count). The van der Waals surface area contributed by atoms with Crippen LogP contribution in [0.15, 0.2) is 29.0 Å². The number of imidazole rings is 1. The van der Waals surface area contributed by atoms with Gasteiger partial charge in [-0.2, -0.15) is 0 Å². The summed E-state index contributed by atoms with van der Waals surface area (Å²) in [6, 6.07) is 8.33. The number of aromatic amines is 1. The fourth-order valence-electron chi connectivity index (χ4n) is 1.82. The van der Waals surface area contributed by atoms with Crippen LogP contribution in [-0.4, -0.2) is 9.97 Å². The first kappa shape index (κ1) is 11.4. The largest absolute Gasteiger partial charge is 0.336 e. The molecular weight excluding hydrogens is 264 g/mol. The van der Waals surface area contributed by atoms with Crippen molar-refractivity contribution in [2.75, 3.05) is 0 Å². The molecule has 0 aliphatic heterocycles. The summed E-state index contributed by atoms with van der Waals surface area (Å²) in [4.78, 5) is 7.80. The summed E-state index contributed by atoms with van der Waals surface area (Å²) >= 11 is 3.41. The van der Waals surface area contributed by atoms with Crippen LogP contribution in [-0.2, 0) is 0 Å². The van der Waals surface area contributed by atoms with Gasteiger partial charge in [0.05, 0.1) is 5.69 Å². The van der Waals surface area contributed by atoms with Crippen molar-refractivity contribution < 1.29 is 0 Å². The predicted molar refractivity (Wildman–Crippen MR) is 70.5 cm³/mol. The number of nitrogens with zero attached hydrogens (tertiary/aromatic N) is 1. The summed E-state index contributed by atoms with van der Waals surface area (Å²) < 4.78 is 0.800. The molecule has 1 heterocycles. The average molecular weight is 279 g/mol. The summed E-state index contributed by atoms with van der Waals surface area (Å²) in [6.07, 6.45) is 0. The molecule has 0 amide bonds. The third-order valence-corrected chi connectivity index (χ3v) is 3.06. The zero-order valence-corrected chi connectivity index (χ0v) is 11.3. The van der Waals surface area contributed by atoms with Gasteiger partial charge in [-0.15, -0.1) is 0 Å². The molecular formula is C13H15BrN2. The van der Waals surface area contributed by atoms with E-state index >= 15 is 0 Å². The number of benzene rings is 1. The average Bonchev–Trinajstić information content (AvgIpc) is 2.61. The van der Waals surface area contributed by atoms with Crippen LogP contribution in [0.1, 0.15) is 31.0 Å². The van der Waals surface area contributed by atoms with Crippen molar-refractivity contribution in [3.63, 3.8) is 0 Å². The van der Waals surface area contributed by atoms with Crippen LogP contribution in [0.3, 0.4) is 0 Å². The van der Waals surface area contributed by atoms with Gasteiger partial charge in [-0.3, -0.25) is 0 Å². The second kappa shape index (κ2) is 4.42. The lowest BCUT2D eigenvalue weighted by Crippen LogP contribution is -1.92. The second-order valence-corrected chi connectivity index (χ2v) is 5.01. The molecule has 2 nitrogen and oxygen atoms in total. The number of nitrogens with one attached hydrogen (secondary N) is 1. The number of aromatic nitrogens is 2. The van der Waals surface area contributed by atoms with Gasteiger partial charge in [0.2, 0.25) is 0 Å². The Bertz CT molecular complexity index is 500. The third-order valence-electron chi connectivity index (χ3n) is 2.68. The maximum absolute atomic E-state index is 4.52. The molecule has 1 aromatic carbocycles. The van der Waals surface area contributed by atoms with Gasteiger partial charge in [-0.05, 0) is 34.3 Å². The molecule has 0 unspecified atom stereocenters. The standard InChI is InChI=1S/C13H15BrN2/c1-8(2)11-12(16-13(14)15-11)10-7-5-4-6-9(10)3/h4-8H,1-3H3,(H,15,16). The summed E-state index contributed by atoms with van der Waals surface area (Å²) in [5.41, 5.74) is 4.69. The van der Waals surface area contributed by atoms with Crippen molar-refractivity contribution >= 4 is 15.9 Å². The Morgan fingerprint density at radius 1 is 1.25 bits per heavy atom. The lowest BCUT2D eigenvalue weighted by molar-refractivity contribution is 0.832. The van der Waals surface area contributed by atoms with Crippen LogP contribution in [0.4, 0.5) is 0 Å². The van der Waals surface area contributed by atoms with Crippen LogP contribution in [0.5, 0.6) is 0 Å². The SMILES string of the molecule is Cc1ccccc1-c1nc(Br)[nH]c1C(C)C. The number of hydrogen-bond donors (Lipinski definition) is 1. The number of aryl methyl sites for hydroxylation is 1. The van der Waals surface area contributed by atoms with Gasteiger partial charge in [-0.1, -0.05) is 38.1 Å². The first-order valence-electron chi connectivity index (χ1n) is 5.41. The van der Waals surface area contributed by atoms with Crippen LogP contribution < -0.4 is 0 Å². The van der Waals surface area contributed by atoms with E-state index in [0.717, 1.165) is 10.4 Å². The van der Waals surface area contributed by atoms with Crippen molar-refractivity contribution in [3.8, 4) is 11.3 Å². The van der Waals surface area contributed by atoms with Gasteiger partial charge in [0.25, 0.3) is 0 Å². The van der Waals surface area contributed by atoms with Gasteiger partial charge in [0, 0.05) is 11.3 Å². The quantitative estimate of drug-likeness (QED) is 0.873. The van der Waals surface area contributed by atoms with Crippen molar-refractivity contribution in [1.29, 1.82) is 0 Å². The molecule has 1 aromatic heterocycles. The maximum Gasteiger partial charge on any atom is 0.175 e. The highest BCUT2D eigenvalue weighted by molar-refractivity contribution is 9.10. The van der Waals surface area contributed by atoms with Crippen LogP contribution in [0, 0.1) is 6.92 Å². The normalized spacial score (nSPS) is 11.1. The molecule has 84 valence electrons. The Hall–Kier alpha value is -1.09. The molecule has 0 fully saturated rings. The van der Waals surface area contributed by atoms with Crippen LogP contribution >= 0.6 is 15.9 Å². The molecule has 0 spiro atoms. The summed E-state index contributed by atoms with van der Waals surface area (Å²) in [7, 11) is 0. The first-order chi connectivity index (χ1) is 7.59. The highest BCUT2D eigenvalue weighted by atomic mass is 79.9. The topological polar surface area (TPSA) is 28.7 Å². The highest BCUT2D eigenvalue weighted by Gasteiger charge is 2.14. The van der Waals surface area contributed by atoms with Gasteiger partial charge < -0.3 is 4.98 Å². The predicted octanol–water partition coefficient (Wildman–Crippen LogP) is 4.27. The van der Waals surface area contributed by atoms with E-state index in [9.17, 15) is 0 Å². The molecule has 0 aliphatic rings. The minimum Gasteiger partial charge on any atom is -0.336 e. The monoisotopic (exact) mass is 278 g/mol. The van der Waals surface area contributed by atoms with Crippen molar-refractivity contribution in [2.45, 2.75) is 26.7 Å². The van der Waals surface area contributed by atoms with E-state index in [4.69, 9.17) is 0 Å². The Morgan fingerprint density at radius 2 is 1.94 bits per heavy atom. The summed E-state index contributed by atoms with van der Waals surface area (Å²) in [6.45, 7) is 6.45. The Kier molecular flexibility index (Phi) is 3.15. The third kappa shape index (κ3) is 2.05. The molecule has 0 saturated carbocycles. The van der Waals surface area contributed by atoms with E-state index in [0.29, 0.717) is 5.92 Å². The molecule has 0 aliphatic carbocycles. The Labute approximate surface area is 104 Å². The van der Waals surface area contributed by atoms with E-state index in [1.165, 1.54) is 16.8 Å². The van der Waals surface area contributed by atoms with Crippen LogP contribution in [0.2, 0.25) is 0 Å². The smallest absolute Gasteiger partial charge is 0.175 e. The molecule has 0 bridgehead atoms. The number of hydrogen-bond acceptors (Lipinski definition) is 1. The van der Waals surface area contributed by atoms with E-state index in [1.807, 2.05) is 0 Å². The lowest BCUT2D eigenvalue weighted by Gasteiger charge is -2.07. The number of halogens is 1. The van der Waals surface area contributed by atoms with Gasteiger partial charge in [0.15, 0.2) is 4.73 Å². The Morgan fingerprint density at radius 3 is 2.56 bits per heavy atom. The van der Waals surface area contributed by atoms with E-state index in [-0.39, 0.29) is 0 Å². The molecule has 16 heavy (non-hydrogen) atoms. The zero-order chi connectivity index (χ0) is 11.7. The number of H-pyrrole nitrogens is 1. The molecule has 0 radical (unpaired) electrons. The maximum atomic E-state index is 4.52. The second-order valence-electron chi connectivity index (χ2n) is 4.26. The summed E-state index contributed by atoms with van der Waals surface area (Å²) in [5, 5.41) is 0. The lowest BCUT2D eigenvalue weighted by atomic mass is 10.00. The van der Waals surface area contributed by atoms with Crippen molar-refractivity contribution in [3.05, 3.63) is 40.3 Å². The van der Waals surface area contributed by atoms with Gasteiger partial charge in [-0.25, -0.2) is 4.98 Å². The number of rotatable bonds is 2. The minimum absolute atomic E-state index is 0.438. The molecule has 0 saturated heterocycles. The summed E-state index contributed by atoms with van der Waals surface area (Å²) in [5.74, 6) is 0.438. The Balaban J connectivity index is 2.60.